The number of aryl methyl sites for hydroxylation is 1. The second kappa shape index (κ2) is 7.35. The van der Waals surface area contributed by atoms with Crippen LogP contribution >= 0.6 is 11.6 Å². The molecule has 0 bridgehead atoms. The summed E-state index contributed by atoms with van der Waals surface area (Å²) < 4.78 is 4.94. The highest BCUT2D eigenvalue weighted by atomic mass is 35.5. The summed E-state index contributed by atoms with van der Waals surface area (Å²) >= 11 is 6.19. The summed E-state index contributed by atoms with van der Waals surface area (Å²) in [5, 5.41) is 3.50. The van der Waals surface area contributed by atoms with E-state index in [1.165, 1.54) is 7.11 Å². The maximum Gasteiger partial charge on any atom is 0.331 e. The summed E-state index contributed by atoms with van der Waals surface area (Å²) in [5.41, 5.74) is 0.917. The number of nitrogens with one attached hydrogen (secondary N) is 1. The Morgan fingerprint density at radius 3 is 2.57 bits per heavy atom. The lowest BCUT2D eigenvalue weighted by Gasteiger charge is -2.37. The second-order valence-electron chi connectivity index (χ2n) is 6.58. The second-order valence-corrected chi connectivity index (χ2v) is 6.98. The summed E-state index contributed by atoms with van der Waals surface area (Å²) in [4.78, 5) is 24.7. The van der Waals surface area contributed by atoms with Crippen LogP contribution in [-0.4, -0.2) is 24.5 Å². The third-order valence-corrected chi connectivity index (χ3v) is 4.99. The van der Waals surface area contributed by atoms with Gasteiger partial charge in [0.2, 0.25) is 5.91 Å². The van der Waals surface area contributed by atoms with E-state index in [0.29, 0.717) is 23.8 Å². The minimum atomic E-state index is -0.893. The minimum Gasteiger partial charge on any atom is -0.467 e. The molecule has 1 saturated carbocycles. The summed E-state index contributed by atoms with van der Waals surface area (Å²) in [7, 11) is 1.37. The first-order valence-electron chi connectivity index (χ1n) is 8.01. The maximum atomic E-state index is 12.4. The minimum absolute atomic E-state index is 0.160. The highest BCUT2D eigenvalue weighted by Gasteiger charge is 2.43. The molecule has 1 amide bonds. The highest BCUT2D eigenvalue weighted by molar-refractivity contribution is 6.31. The van der Waals surface area contributed by atoms with E-state index in [9.17, 15) is 9.59 Å². The van der Waals surface area contributed by atoms with Gasteiger partial charge in [0.15, 0.2) is 0 Å². The van der Waals surface area contributed by atoms with E-state index < -0.39 is 5.54 Å². The van der Waals surface area contributed by atoms with Crippen molar-refractivity contribution in [3.05, 3.63) is 34.3 Å². The van der Waals surface area contributed by atoms with Crippen molar-refractivity contribution in [2.24, 2.45) is 5.92 Å². The monoisotopic (exact) mass is 337 g/mol. The van der Waals surface area contributed by atoms with Gasteiger partial charge in [-0.2, -0.15) is 0 Å². The molecule has 0 atom stereocenters. The van der Waals surface area contributed by atoms with Crippen LogP contribution in [0.5, 0.6) is 0 Å². The number of esters is 1. The molecular weight excluding hydrogens is 314 g/mol. The fraction of sp³-hybridized carbons (Fsp3) is 0.556. The average Bonchev–Trinajstić information content (AvgIpc) is 2.52. The molecule has 0 unspecified atom stereocenters. The van der Waals surface area contributed by atoms with Crippen molar-refractivity contribution in [1.29, 1.82) is 0 Å². The Balaban J connectivity index is 2.10. The van der Waals surface area contributed by atoms with Crippen molar-refractivity contribution < 1.29 is 14.3 Å². The number of hydrogen-bond acceptors (Lipinski definition) is 3. The van der Waals surface area contributed by atoms with Crippen LogP contribution in [0.4, 0.5) is 0 Å². The zero-order chi connectivity index (χ0) is 17.0. The van der Waals surface area contributed by atoms with E-state index in [2.05, 4.69) is 12.2 Å². The smallest absolute Gasteiger partial charge is 0.331 e. The van der Waals surface area contributed by atoms with Gasteiger partial charge in [0, 0.05) is 5.02 Å². The van der Waals surface area contributed by atoms with Crippen molar-refractivity contribution in [2.75, 3.05) is 7.11 Å². The van der Waals surface area contributed by atoms with Gasteiger partial charge >= 0.3 is 5.97 Å². The Bertz CT molecular complexity index is 592. The molecule has 23 heavy (non-hydrogen) atoms. The van der Waals surface area contributed by atoms with Gasteiger partial charge in [0.05, 0.1) is 13.5 Å². The first-order chi connectivity index (χ1) is 10.9. The molecule has 0 spiro atoms. The molecule has 1 aliphatic carbocycles. The number of rotatable bonds is 4. The van der Waals surface area contributed by atoms with Crippen LogP contribution in [0.1, 0.15) is 43.7 Å². The van der Waals surface area contributed by atoms with Crippen LogP contribution in [0.2, 0.25) is 5.02 Å². The Morgan fingerprint density at radius 2 is 2.00 bits per heavy atom. The largest absolute Gasteiger partial charge is 0.467 e. The lowest BCUT2D eigenvalue weighted by Crippen LogP contribution is -2.57. The van der Waals surface area contributed by atoms with Gasteiger partial charge in [-0.05, 0) is 55.7 Å². The molecule has 0 aliphatic heterocycles. The van der Waals surface area contributed by atoms with Crippen LogP contribution in [0, 0.1) is 12.8 Å². The summed E-state index contributed by atoms with van der Waals surface area (Å²) in [6.45, 7) is 4.11. The summed E-state index contributed by atoms with van der Waals surface area (Å²) in [6, 6.07) is 5.61. The highest BCUT2D eigenvalue weighted by Crippen LogP contribution is 2.33. The Morgan fingerprint density at radius 1 is 1.35 bits per heavy atom. The van der Waals surface area contributed by atoms with E-state index in [-0.39, 0.29) is 18.3 Å². The van der Waals surface area contributed by atoms with Crippen LogP contribution < -0.4 is 5.32 Å². The molecule has 1 aromatic rings. The Hall–Kier alpha value is -1.55. The molecule has 1 aromatic carbocycles. The molecule has 2 rings (SSSR count). The van der Waals surface area contributed by atoms with Gasteiger partial charge in [-0.1, -0.05) is 30.7 Å². The van der Waals surface area contributed by atoms with Gasteiger partial charge in [-0.3, -0.25) is 4.79 Å². The molecule has 1 aliphatic rings. The van der Waals surface area contributed by atoms with E-state index in [0.717, 1.165) is 24.0 Å². The van der Waals surface area contributed by atoms with Gasteiger partial charge in [0.1, 0.15) is 5.54 Å². The standard InChI is InChI=1S/C18H24ClNO3/c1-12-6-8-18(9-7-12,17(22)23-3)20-16(21)11-14-5-4-13(2)10-15(14)19/h4-5,10,12H,6-9,11H2,1-3H3,(H,20,21). The zero-order valence-electron chi connectivity index (χ0n) is 13.9. The first-order valence-corrected chi connectivity index (χ1v) is 8.38. The Labute approximate surface area is 142 Å². The van der Waals surface area contributed by atoms with Crippen molar-refractivity contribution >= 4 is 23.5 Å². The first kappa shape index (κ1) is 17.8. The van der Waals surface area contributed by atoms with Crippen LogP contribution in [0.3, 0.4) is 0 Å². The molecule has 1 fully saturated rings. The number of hydrogen-bond donors (Lipinski definition) is 1. The van der Waals surface area contributed by atoms with Crippen molar-refractivity contribution in [1.82, 2.24) is 5.32 Å². The molecule has 5 heteroatoms. The number of carbonyl (C=O) groups excluding carboxylic acids is 2. The van der Waals surface area contributed by atoms with E-state index in [4.69, 9.17) is 16.3 Å². The van der Waals surface area contributed by atoms with Crippen LogP contribution in [0.25, 0.3) is 0 Å². The van der Waals surface area contributed by atoms with Gasteiger partial charge in [-0.25, -0.2) is 4.79 Å². The lowest BCUT2D eigenvalue weighted by molar-refractivity contribution is -0.153. The molecular formula is C18H24ClNO3. The van der Waals surface area contributed by atoms with Crippen LogP contribution in [-0.2, 0) is 20.7 Å². The molecule has 0 heterocycles. The third kappa shape index (κ3) is 4.25. The summed E-state index contributed by atoms with van der Waals surface area (Å²) in [5.74, 6) is 0.0136. The predicted octanol–water partition coefficient (Wildman–Crippen LogP) is 3.43. The number of ether oxygens (including phenoxy) is 1. The molecule has 0 aromatic heterocycles. The predicted molar refractivity (Wildman–Crippen MR) is 90.4 cm³/mol. The quantitative estimate of drug-likeness (QED) is 0.856. The van der Waals surface area contributed by atoms with E-state index in [1.807, 2.05) is 25.1 Å². The molecule has 126 valence electrons. The van der Waals surface area contributed by atoms with Crippen molar-refractivity contribution in [3.63, 3.8) is 0 Å². The number of carbonyl (C=O) groups is 2. The fourth-order valence-electron chi connectivity index (χ4n) is 3.11. The number of methoxy groups -OCH3 is 1. The van der Waals surface area contributed by atoms with Crippen LogP contribution in [0.15, 0.2) is 18.2 Å². The number of benzene rings is 1. The average molecular weight is 338 g/mol. The molecule has 4 nitrogen and oxygen atoms in total. The van der Waals surface area contributed by atoms with Crippen molar-refractivity contribution in [2.45, 2.75) is 51.5 Å². The topological polar surface area (TPSA) is 55.4 Å². The lowest BCUT2D eigenvalue weighted by atomic mass is 9.77. The van der Waals surface area contributed by atoms with Gasteiger partial charge in [-0.15, -0.1) is 0 Å². The van der Waals surface area contributed by atoms with Gasteiger partial charge in [0.25, 0.3) is 0 Å². The molecule has 0 saturated heterocycles. The van der Waals surface area contributed by atoms with Gasteiger partial charge < -0.3 is 10.1 Å². The third-order valence-electron chi connectivity index (χ3n) is 4.64. The SMILES string of the molecule is COC(=O)C1(NC(=O)Cc2ccc(C)cc2Cl)CCC(C)CC1. The maximum absolute atomic E-state index is 12.4. The number of amides is 1. The summed E-state index contributed by atoms with van der Waals surface area (Å²) in [6.07, 6.45) is 3.21. The normalized spacial score (nSPS) is 24.1. The fourth-order valence-corrected chi connectivity index (χ4v) is 3.41. The number of halogens is 1. The van der Waals surface area contributed by atoms with E-state index in [1.54, 1.807) is 0 Å². The molecule has 1 N–H and O–H groups in total. The zero-order valence-corrected chi connectivity index (χ0v) is 14.7. The van der Waals surface area contributed by atoms with E-state index >= 15 is 0 Å². The van der Waals surface area contributed by atoms with Crippen molar-refractivity contribution in [3.8, 4) is 0 Å². The molecule has 0 radical (unpaired) electrons. The Kier molecular flexibility index (Phi) is 5.69.